The number of aldehydes is 1. The van der Waals surface area contributed by atoms with Crippen molar-refractivity contribution in [2.24, 2.45) is 0 Å². The molecule has 0 aromatic rings. The third-order valence-corrected chi connectivity index (χ3v) is 0. The number of thiocarbonyl (C=S) groups is 3. The van der Waals surface area contributed by atoms with E-state index in [0.29, 0.717) is 11.2 Å². The minimum absolute atomic E-state index is 0. The Balaban J connectivity index is -0.00000000369. The molecular weight excluding hydrogens is 2950 g/mol. The number of carbonyl (C=O) groups excluding carboxylic acids is 4. The van der Waals surface area contributed by atoms with Crippen LogP contribution in [0.15, 0.2) is 0 Å². The van der Waals surface area contributed by atoms with Crippen molar-refractivity contribution in [2.75, 3.05) is 19.6 Å². The zero-order valence-corrected chi connectivity index (χ0v) is 83.3. The maximum Gasteiger partial charge on any atom is 0.290 e. The molecule has 0 fully saturated rings. The molecule has 0 saturated heterocycles. The molecule has 7 nitrogen and oxygen atoms in total. The number of carbonyl (C=O) groups is 5. The molecule has 0 aliphatic rings. The third-order valence-electron chi connectivity index (χ3n) is 0. The van der Waals surface area contributed by atoms with Crippen molar-refractivity contribution in [1.29, 1.82) is 0 Å². The maximum atomic E-state index is 8.81. The topological polar surface area (TPSA) is 126 Å². The quantitative estimate of drug-likeness (QED) is 0.0716. The van der Waals surface area contributed by atoms with E-state index in [4.69, 9.17) is 34.2 Å². The molecule has 503 valence electrons. The van der Waals surface area contributed by atoms with Gasteiger partial charge in [0.1, 0.15) is 13.1 Å². The van der Waals surface area contributed by atoms with Crippen LogP contribution in [0.3, 0.4) is 0 Å². The van der Waals surface area contributed by atoms with Crippen LogP contribution in [0.2, 0.25) is 0 Å². The molecule has 0 unspecified atom stereocenters. The molecule has 2 N–H and O–H groups in total. The van der Waals surface area contributed by atoms with Crippen LogP contribution in [-0.4, -0.2) is 76.6 Å². The van der Waals surface area contributed by atoms with Crippen LogP contribution in [0, 0.1) is 502 Å². The smallest absolute Gasteiger partial charge is 0.290 e. The summed E-state index contributed by atoms with van der Waals surface area (Å²) in [5, 5.41) is 15.5. The molecule has 0 spiro atoms. The summed E-state index contributed by atoms with van der Waals surface area (Å²) < 4.78 is 1.28. The van der Waals surface area contributed by atoms with Crippen molar-refractivity contribution in [3.05, 3.63) is 0 Å². The van der Waals surface area contributed by atoms with Gasteiger partial charge in [0.15, 0.2) is 11.2 Å². The van der Waals surface area contributed by atoms with Gasteiger partial charge in [-0.1, -0.05) is 245 Å². The predicted molar refractivity (Wildman–Crippen MR) is 326 cm³/mol. The number of thiol groups is 5. The van der Waals surface area contributed by atoms with Gasteiger partial charge in [-0.15, -0.1) is 37.9 Å². The first-order valence-electron chi connectivity index (χ1n) is 19.5. The fraction of sp³-hybridized carbons (Fsp3) is 0.814. The average molecular weight is 3080 g/mol. The van der Waals surface area contributed by atoms with E-state index in [1.54, 1.807) is 17.9 Å². The molecule has 0 bridgehead atoms. The summed E-state index contributed by atoms with van der Waals surface area (Å²) in [5.41, 5.74) is 0.889. The minimum atomic E-state index is -0.250. The van der Waals surface area contributed by atoms with Gasteiger partial charge < -0.3 is 19.8 Å². The summed E-state index contributed by atoms with van der Waals surface area (Å²) >= 11 is 29.0. The van der Waals surface area contributed by atoms with Gasteiger partial charge in [-0.05, 0) is 37.6 Å². The molecule has 71 heavy (non-hydrogen) atoms. The Bertz CT molecular complexity index is 224. The molecule has 28 heteroatoms. The predicted octanol–water partition coefficient (Wildman–Crippen LogP) is 18.8. The van der Waals surface area contributed by atoms with Crippen LogP contribution < -0.4 is 0 Å². The minimum Gasteiger partial charge on any atom is -0.483 e. The Labute approximate surface area is 900 Å². The standard InChI is InChI=1S/C2H4O.C2H4S.14C2H6.CH2O2.2CH2OS.CH4O.CH2O.CH2S2.2CH4S.CH2S.2CH4.13Tb/c2*1-2-3;14*1-2;3*2-1-3;2*1-2;2-1-3;3*1-2;;;;;;;;;;;;;;;/h2*2H,1H3;14*1-2H3;3*1H,(H,2,3);2H,1H3;1H2;1H,(H,2,3);2*2H,1H3;1H2;2*1H4;;;;;;;;;;;;;. The molecule has 0 aromatic carbocycles. The number of rotatable bonds is 0. The van der Waals surface area contributed by atoms with Crippen LogP contribution >= 0.6 is 99.8 Å². The van der Waals surface area contributed by atoms with Crippen LogP contribution in [0.1, 0.15) is 223 Å². The summed E-state index contributed by atoms with van der Waals surface area (Å²) in [6, 6.07) is 0. The van der Waals surface area contributed by atoms with E-state index >= 15 is 0 Å². The SMILES string of the molecule is C.C.C=O.C=S.CC.CC.CC.CC.CC.CC.CC.CC.CC.CC.CC.CC.CC.CC.CC=O.CC=S.CO.CS.CS.O=CO.O=CS.O=CS.S=CS.[Tb].[Tb].[Tb].[Tb].[Tb].[Tb].[Tb].[Tb].[Tb].[Tb].[Tb].[Tb].[Tb]. The van der Waals surface area contributed by atoms with Crippen molar-refractivity contribution < 1.29 is 536 Å². The molecular formula is C43H124O7S8Tb13. The van der Waals surface area contributed by atoms with E-state index in [1.807, 2.05) is 208 Å². The first kappa shape index (κ1) is 289. The molecule has 0 rings (SSSR count). The Hall–Kier alpha value is 16.8. The van der Waals surface area contributed by atoms with Gasteiger partial charge in [-0.3, -0.25) is 14.4 Å². The molecule has 0 atom stereocenters. The number of aliphatic hydroxyl groups is 1. The van der Waals surface area contributed by atoms with Crippen LogP contribution in [0.4, 0.5) is 0 Å². The van der Waals surface area contributed by atoms with Crippen LogP contribution in [-0.2, 0) is 24.0 Å². The second kappa shape index (κ2) is 1230. The van der Waals surface area contributed by atoms with Gasteiger partial charge in [-0.2, -0.15) is 25.3 Å². The average Bonchev–Trinajstić information content (AvgIpc) is 3.35. The summed E-state index contributed by atoms with van der Waals surface area (Å²) in [6.45, 7) is 61.0. The second-order valence-corrected chi connectivity index (χ2v) is 2.63. The second-order valence-electron chi connectivity index (χ2n) is 0.893. The molecule has 0 amide bonds. The van der Waals surface area contributed by atoms with Crippen molar-refractivity contribution in [3.63, 3.8) is 0 Å². The van der Waals surface area contributed by atoms with E-state index in [2.05, 4.69) is 106 Å². The summed E-state index contributed by atoms with van der Waals surface area (Å²) in [6.07, 6.45) is 4.14. The zero-order valence-electron chi connectivity index (χ0n) is 48.6. The van der Waals surface area contributed by atoms with E-state index < -0.39 is 0 Å². The first-order chi connectivity index (χ1) is 27.5. The monoisotopic (exact) mass is 3070 g/mol. The Morgan fingerprint density at radius 1 is 0.338 bits per heavy atom. The number of carboxylic acid groups (broad SMARTS) is 1. The van der Waals surface area contributed by atoms with Crippen molar-refractivity contribution in [3.8, 4) is 0 Å². The molecule has 0 aliphatic carbocycles. The van der Waals surface area contributed by atoms with Crippen LogP contribution in [0.25, 0.3) is 0 Å². The third kappa shape index (κ3) is 2200. The van der Waals surface area contributed by atoms with Crippen molar-refractivity contribution >= 4 is 147 Å². The molecule has 0 aliphatic heterocycles. The van der Waals surface area contributed by atoms with Gasteiger partial charge in [0.2, 0.25) is 0 Å². The Morgan fingerprint density at radius 2 is 0.338 bits per heavy atom. The number of hydrogen-bond donors (Lipinski definition) is 7. The summed E-state index contributed by atoms with van der Waals surface area (Å²) in [4.78, 5) is 42.5. The van der Waals surface area contributed by atoms with Gasteiger partial charge in [0.25, 0.3) is 6.47 Å². The summed E-state index contributed by atoms with van der Waals surface area (Å²) in [7, 11) is 1.00. The number of hydrogen-bond acceptors (Lipinski definition) is 11. The molecule has 0 saturated carbocycles. The largest absolute Gasteiger partial charge is 0.483 e. The Kier molecular flexibility index (Phi) is 5000. The zero-order chi connectivity index (χ0) is 54.2. The first-order valence-corrected chi connectivity index (χ1v) is 24.4. The molecule has 13 radical (unpaired) electrons. The normalized spacial score (nSPS) is 2.63. The van der Waals surface area contributed by atoms with E-state index in [9.17, 15) is 0 Å². The van der Waals surface area contributed by atoms with E-state index in [-0.39, 0.29) is 523 Å². The van der Waals surface area contributed by atoms with E-state index in [1.165, 1.54) is 11.6 Å². The maximum absolute atomic E-state index is 8.81. The van der Waals surface area contributed by atoms with Gasteiger partial charge in [0.05, 0.1) is 0 Å². The van der Waals surface area contributed by atoms with Gasteiger partial charge in [0, 0.05) is 514 Å². The molecule has 0 heterocycles. The summed E-state index contributed by atoms with van der Waals surface area (Å²) in [5.74, 6) is 2.83. The van der Waals surface area contributed by atoms with E-state index in [0.717, 1.165) is 13.4 Å². The number of aliphatic hydroxyl groups excluding tert-OH is 1. The fourth-order valence-corrected chi connectivity index (χ4v) is 0. The Morgan fingerprint density at radius 3 is 0.338 bits per heavy atom. The van der Waals surface area contributed by atoms with Gasteiger partial charge in [-0.25, -0.2) is 0 Å². The molecule has 0 aromatic heterocycles. The van der Waals surface area contributed by atoms with Crippen molar-refractivity contribution in [2.45, 2.75) is 223 Å². The van der Waals surface area contributed by atoms with Crippen LogP contribution in [0.5, 0.6) is 0 Å². The fourth-order valence-electron chi connectivity index (χ4n) is 0. The van der Waals surface area contributed by atoms with Crippen molar-refractivity contribution in [1.82, 2.24) is 0 Å². The van der Waals surface area contributed by atoms with Gasteiger partial charge >= 0.3 is 0 Å².